The van der Waals surface area contributed by atoms with Crippen LogP contribution in [0.1, 0.15) is 21.5 Å². The highest BCUT2D eigenvalue weighted by Gasteiger charge is 2.18. The van der Waals surface area contributed by atoms with Crippen LogP contribution >= 0.6 is 24.0 Å². The van der Waals surface area contributed by atoms with Crippen molar-refractivity contribution in [1.29, 1.82) is 0 Å². The number of guanidine groups is 1. The largest absolute Gasteiger partial charge is 0.352 e. The third-order valence-electron chi connectivity index (χ3n) is 5.41. The second kappa shape index (κ2) is 13.2. The van der Waals surface area contributed by atoms with Crippen LogP contribution in [0.15, 0.2) is 65.7 Å². The predicted octanol–water partition coefficient (Wildman–Crippen LogP) is 3.41. The number of benzene rings is 2. The van der Waals surface area contributed by atoms with Crippen molar-refractivity contribution in [1.82, 2.24) is 20.0 Å². The summed E-state index contributed by atoms with van der Waals surface area (Å²) >= 11 is 0. The minimum Gasteiger partial charge on any atom is -0.352 e. The summed E-state index contributed by atoms with van der Waals surface area (Å²) in [6.45, 7) is 5.59. The van der Waals surface area contributed by atoms with E-state index in [4.69, 9.17) is 0 Å². The number of nitrogens with one attached hydrogen (secondary N) is 1. The zero-order valence-corrected chi connectivity index (χ0v) is 21.5. The van der Waals surface area contributed by atoms with Gasteiger partial charge in [0.1, 0.15) is 0 Å². The molecule has 0 spiro atoms. The summed E-state index contributed by atoms with van der Waals surface area (Å²) in [6.07, 6.45) is 4.42. The molecule has 1 saturated heterocycles. The molecular formula is C25H34IN5O. The van der Waals surface area contributed by atoms with E-state index in [1.807, 2.05) is 37.4 Å². The summed E-state index contributed by atoms with van der Waals surface area (Å²) in [4.78, 5) is 22.8. The molecule has 0 aromatic heterocycles. The van der Waals surface area contributed by atoms with E-state index >= 15 is 0 Å². The first-order chi connectivity index (χ1) is 15.1. The first-order valence-corrected chi connectivity index (χ1v) is 10.8. The molecular weight excluding hydrogens is 513 g/mol. The Bertz CT molecular complexity index is 888. The fraction of sp³-hybridized carbons (Fsp3) is 0.360. The normalized spacial score (nSPS) is 14.8. The van der Waals surface area contributed by atoms with Crippen LogP contribution in [-0.4, -0.2) is 80.4 Å². The van der Waals surface area contributed by atoms with Crippen molar-refractivity contribution in [3.05, 3.63) is 77.4 Å². The number of hydrogen-bond acceptors (Lipinski definition) is 3. The van der Waals surface area contributed by atoms with Gasteiger partial charge >= 0.3 is 0 Å². The van der Waals surface area contributed by atoms with Crippen LogP contribution in [0.5, 0.6) is 0 Å². The number of hydrogen-bond donors (Lipinski definition) is 1. The molecule has 0 aliphatic carbocycles. The second-order valence-electron chi connectivity index (χ2n) is 7.90. The van der Waals surface area contributed by atoms with Gasteiger partial charge in [-0.1, -0.05) is 54.6 Å². The molecule has 0 atom stereocenters. The molecule has 7 heteroatoms. The Kier molecular flexibility index (Phi) is 10.7. The quantitative estimate of drug-likeness (QED) is 0.342. The van der Waals surface area contributed by atoms with Gasteiger partial charge < -0.3 is 15.1 Å². The molecule has 1 amide bonds. The number of nitrogens with zero attached hydrogens (tertiary/aromatic N) is 4. The maximum atomic E-state index is 12.0. The monoisotopic (exact) mass is 547 g/mol. The van der Waals surface area contributed by atoms with Gasteiger partial charge in [0.05, 0.1) is 0 Å². The first kappa shape index (κ1) is 25.9. The van der Waals surface area contributed by atoms with E-state index in [1.165, 1.54) is 5.56 Å². The summed E-state index contributed by atoms with van der Waals surface area (Å²) in [6, 6.07) is 18.2. The van der Waals surface area contributed by atoms with Crippen molar-refractivity contribution in [2.24, 2.45) is 4.99 Å². The van der Waals surface area contributed by atoms with Crippen LogP contribution in [0.2, 0.25) is 0 Å². The number of rotatable bonds is 6. The van der Waals surface area contributed by atoms with Gasteiger partial charge in [-0.3, -0.25) is 14.7 Å². The van der Waals surface area contributed by atoms with Gasteiger partial charge in [0, 0.05) is 66.0 Å². The van der Waals surface area contributed by atoms with Crippen molar-refractivity contribution in [2.75, 3.05) is 53.9 Å². The minimum atomic E-state index is 0. The zero-order valence-electron chi connectivity index (χ0n) is 19.2. The van der Waals surface area contributed by atoms with Gasteiger partial charge in [-0.25, -0.2) is 0 Å². The van der Waals surface area contributed by atoms with Gasteiger partial charge in [-0.15, -0.1) is 24.0 Å². The standard InChI is InChI=1S/C25H33N5O.HI/c1-26-25(27-20-22-11-13-23(14-12-22)24(31)28(2)3)30-18-16-29(17-19-30)15-7-10-21-8-5-4-6-9-21;/h4-14H,15-20H2,1-3H3,(H,26,27);1H/b10-7+;. The minimum absolute atomic E-state index is 0. The van der Waals surface area contributed by atoms with Crippen molar-refractivity contribution >= 4 is 41.9 Å². The average molecular weight is 547 g/mol. The number of halogens is 1. The maximum absolute atomic E-state index is 12.0. The summed E-state index contributed by atoms with van der Waals surface area (Å²) in [5.74, 6) is 0.944. The molecule has 0 saturated carbocycles. The summed E-state index contributed by atoms with van der Waals surface area (Å²) in [7, 11) is 5.36. The van der Waals surface area contributed by atoms with Gasteiger partial charge in [-0.2, -0.15) is 0 Å². The Morgan fingerprint density at radius 2 is 1.69 bits per heavy atom. The topological polar surface area (TPSA) is 51.2 Å². The lowest BCUT2D eigenvalue weighted by atomic mass is 10.1. The fourth-order valence-corrected chi connectivity index (χ4v) is 3.58. The SMILES string of the molecule is CN=C(NCc1ccc(C(=O)N(C)C)cc1)N1CCN(C/C=C/c2ccccc2)CC1.I. The number of piperazine rings is 1. The fourth-order valence-electron chi connectivity index (χ4n) is 3.58. The zero-order chi connectivity index (χ0) is 22.1. The molecule has 2 aromatic rings. The molecule has 1 fully saturated rings. The van der Waals surface area contributed by atoms with E-state index < -0.39 is 0 Å². The molecule has 32 heavy (non-hydrogen) atoms. The smallest absolute Gasteiger partial charge is 0.253 e. The van der Waals surface area contributed by atoms with E-state index in [0.29, 0.717) is 12.1 Å². The molecule has 1 heterocycles. The molecule has 1 aliphatic heterocycles. The van der Waals surface area contributed by atoms with Crippen LogP contribution in [0.4, 0.5) is 0 Å². The lowest BCUT2D eigenvalue weighted by Crippen LogP contribution is -2.52. The van der Waals surface area contributed by atoms with Crippen molar-refractivity contribution in [2.45, 2.75) is 6.54 Å². The van der Waals surface area contributed by atoms with Gasteiger partial charge in [0.15, 0.2) is 5.96 Å². The van der Waals surface area contributed by atoms with E-state index in [9.17, 15) is 4.79 Å². The van der Waals surface area contributed by atoms with E-state index in [1.54, 1.807) is 19.0 Å². The number of amides is 1. The molecule has 3 rings (SSSR count). The van der Waals surface area contributed by atoms with E-state index in [-0.39, 0.29) is 29.9 Å². The molecule has 6 nitrogen and oxygen atoms in total. The molecule has 1 N–H and O–H groups in total. The van der Waals surface area contributed by atoms with E-state index in [0.717, 1.165) is 44.2 Å². The van der Waals surface area contributed by atoms with Crippen molar-refractivity contribution < 1.29 is 4.79 Å². The summed E-state index contributed by atoms with van der Waals surface area (Å²) in [5.41, 5.74) is 3.07. The Morgan fingerprint density at radius 1 is 1.03 bits per heavy atom. The van der Waals surface area contributed by atoms with Gasteiger partial charge in [0.2, 0.25) is 0 Å². The molecule has 0 unspecified atom stereocenters. The van der Waals surface area contributed by atoms with Crippen LogP contribution < -0.4 is 5.32 Å². The number of carbonyl (C=O) groups excluding carboxylic acids is 1. The molecule has 2 aromatic carbocycles. The molecule has 0 radical (unpaired) electrons. The predicted molar refractivity (Wildman–Crippen MR) is 144 cm³/mol. The highest BCUT2D eigenvalue weighted by Crippen LogP contribution is 2.08. The average Bonchev–Trinajstić information content (AvgIpc) is 2.81. The number of aliphatic imine (C=N–C) groups is 1. The van der Waals surface area contributed by atoms with E-state index in [2.05, 4.69) is 56.5 Å². The lowest BCUT2D eigenvalue weighted by molar-refractivity contribution is 0.0827. The van der Waals surface area contributed by atoms with Crippen molar-refractivity contribution in [3.63, 3.8) is 0 Å². The lowest BCUT2D eigenvalue weighted by Gasteiger charge is -2.36. The number of carbonyl (C=O) groups is 1. The van der Waals surface area contributed by atoms with Crippen LogP contribution in [-0.2, 0) is 6.54 Å². The second-order valence-corrected chi connectivity index (χ2v) is 7.90. The highest BCUT2D eigenvalue weighted by atomic mass is 127. The van der Waals surface area contributed by atoms with Gasteiger partial charge in [0.25, 0.3) is 5.91 Å². The Labute approximate surface area is 209 Å². The molecule has 0 bridgehead atoms. The Balaban J connectivity index is 0.00000363. The summed E-state index contributed by atoms with van der Waals surface area (Å²) in [5, 5.41) is 3.45. The van der Waals surface area contributed by atoms with Crippen molar-refractivity contribution in [3.8, 4) is 0 Å². The maximum Gasteiger partial charge on any atom is 0.253 e. The Hall–Kier alpha value is -2.39. The molecule has 1 aliphatic rings. The third kappa shape index (κ3) is 7.63. The highest BCUT2D eigenvalue weighted by molar-refractivity contribution is 14.0. The first-order valence-electron chi connectivity index (χ1n) is 10.8. The Morgan fingerprint density at radius 3 is 2.28 bits per heavy atom. The molecule has 172 valence electrons. The van der Waals surface area contributed by atoms with Crippen LogP contribution in [0.25, 0.3) is 6.08 Å². The third-order valence-corrected chi connectivity index (χ3v) is 5.41. The van der Waals surface area contributed by atoms with Crippen LogP contribution in [0, 0.1) is 0 Å². The van der Waals surface area contributed by atoms with Gasteiger partial charge in [-0.05, 0) is 23.3 Å². The summed E-state index contributed by atoms with van der Waals surface area (Å²) < 4.78 is 0. The van der Waals surface area contributed by atoms with Crippen LogP contribution in [0.3, 0.4) is 0 Å².